The van der Waals surface area contributed by atoms with Crippen molar-refractivity contribution in [3.05, 3.63) is 0 Å². The zero-order valence-electron chi connectivity index (χ0n) is 10.4. The first-order valence-corrected chi connectivity index (χ1v) is 6.41. The third-order valence-electron chi connectivity index (χ3n) is 3.53. The number of nitrogens with one attached hydrogen (secondary N) is 1. The standard InChI is InChI=1S/C12H24N2O2/c1-10(12-4-3-6-16-12)13-8-11-9-14(2)5-7-15-11/h10-13H,3-9H2,1-2H3. The van der Waals surface area contributed by atoms with Crippen LogP contribution in [0.5, 0.6) is 0 Å². The Kier molecular flexibility index (Phi) is 4.58. The highest BCUT2D eigenvalue weighted by atomic mass is 16.5. The molecule has 0 bridgehead atoms. The van der Waals surface area contributed by atoms with Crippen LogP contribution in [0.4, 0.5) is 0 Å². The maximum Gasteiger partial charge on any atom is 0.0826 e. The molecule has 0 spiro atoms. The fraction of sp³-hybridized carbons (Fsp3) is 1.00. The van der Waals surface area contributed by atoms with E-state index >= 15 is 0 Å². The summed E-state index contributed by atoms with van der Waals surface area (Å²) in [5.74, 6) is 0. The Hall–Kier alpha value is -0.160. The minimum atomic E-state index is 0.336. The van der Waals surface area contributed by atoms with Crippen molar-refractivity contribution >= 4 is 0 Å². The van der Waals surface area contributed by atoms with E-state index in [-0.39, 0.29) is 0 Å². The molecule has 2 heterocycles. The van der Waals surface area contributed by atoms with Gasteiger partial charge >= 0.3 is 0 Å². The molecule has 4 nitrogen and oxygen atoms in total. The maximum absolute atomic E-state index is 5.72. The third-order valence-corrected chi connectivity index (χ3v) is 3.53. The van der Waals surface area contributed by atoms with Crippen LogP contribution in [0, 0.1) is 0 Å². The quantitative estimate of drug-likeness (QED) is 0.758. The Morgan fingerprint density at radius 3 is 2.94 bits per heavy atom. The van der Waals surface area contributed by atoms with E-state index in [0.717, 1.165) is 32.8 Å². The molecule has 16 heavy (non-hydrogen) atoms. The third kappa shape index (κ3) is 3.42. The summed E-state index contributed by atoms with van der Waals surface area (Å²) < 4.78 is 11.4. The van der Waals surface area contributed by atoms with Gasteiger partial charge in [-0.1, -0.05) is 0 Å². The number of ether oxygens (including phenoxy) is 2. The average molecular weight is 228 g/mol. The molecule has 1 N–H and O–H groups in total. The van der Waals surface area contributed by atoms with E-state index < -0.39 is 0 Å². The zero-order valence-corrected chi connectivity index (χ0v) is 10.4. The Morgan fingerprint density at radius 1 is 1.38 bits per heavy atom. The summed E-state index contributed by atoms with van der Waals surface area (Å²) in [5, 5.41) is 3.54. The van der Waals surface area contributed by atoms with Gasteiger partial charge in [0, 0.05) is 32.3 Å². The van der Waals surface area contributed by atoms with Crippen molar-refractivity contribution in [1.82, 2.24) is 10.2 Å². The van der Waals surface area contributed by atoms with Gasteiger partial charge in [-0.05, 0) is 26.8 Å². The number of nitrogens with zero attached hydrogens (tertiary/aromatic N) is 1. The topological polar surface area (TPSA) is 33.7 Å². The van der Waals surface area contributed by atoms with Crippen LogP contribution in [-0.4, -0.2) is 63.0 Å². The van der Waals surface area contributed by atoms with Gasteiger partial charge in [-0.15, -0.1) is 0 Å². The highest BCUT2D eigenvalue weighted by molar-refractivity contribution is 4.79. The molecule has 4 heteroatoms. The van der Waals surface area contributed by atoms with Crippen molar-refractivity contribution in [3.63, 3.8) is 0 Å². The SMILES string of the molecule is CC(NCC1CN(C)CCO1)C1CCCO1. The molecular formula is C12H24N2O2. The molecule has 0 amide bonds. The Balaban J connectivity index is 1.65. The summed E-state index contributed by atoms with van der Waals surface area (Å²) in [7, 11) is 2.15. The molecule has 0 aromatic carbocycles. The first-order chi connectivity index (χ1) is 7.75. The predicted octanol–water partition coefficient (Wildman–Crippen LogP) is 0.474. The highest BCUT2D eigenvalue weighted by Crippen LogP contribution is 2.15. The van der Waals surface area contributed by atoms with E-state index in [1.54, 1.807) is 0 Å². The van der Waals surface area contributed by atoms with Crippen LogP contribution in [0.25, 0.3) is 0 Å². The molecule has 0 aromatic heterocycles. The molecule has 2 aliphatic rings. The van der Waals surface area contributed by atoms with Gasteiger partial charge in [-0.2, -0.15) is 0 Å². The van der Waals surface area contributed by atoms with E-state index in [2.05, 4.69) is 24.2 Å². The summed E-state index contributed by atoms with van der Waals surface area (Å²) >= 11 is 0. The normalized spacial score (nSPS) is 34.1. The molecule has 94 valence electrons. The minimum Gasteiger partial charge on any atom is -0.377 e. The monoisotopic (exact) mass is 228 g/mol. The van der Waals surface area contributed by atoms with E-state index in [9.17, 15) is 0 Å². The lowest BCUT2D eigenvalue weighted by molar-refractivity contribution is -0.0219. The number of hydrogen-bond donors (Lipinski definition) is 1. The lowest BCUT2D eigenvalue weighted by Gasteiger charge is -2.31. The van der Waals surface area contributed by atoms with Crippen LogP contribution >= 0.6 is 0 Å². The predicted molar refractivity (Wildman–Crippen MR) is 63.7 cm³/mol. The number of rotatable bonds is 4. The Bertz CT molecular complexity index is 205. The fourth-order valence-corrected chi connectivity index (χ4v) is 2.44. The van der Waals surface area contributed by atoms with Crippen molar-refractivity contribution in [1.29, 1.82) is 0 Å². The minimum absolute atomic E-state index is 0.336. The molecular weight excluding hydrogens is 204 g/mol. The van der Waals surface area contributed by atoms with Gasteiger partial charge in [-0.3, -0.25) is 0 Å². The summed E-state index contributed by atoms with van der Waals surface area (Å²) in [6, 6.07) is 0.443. The highest BCUT2D eigenvalue weighted by Gasteiger charge is 2.24. The van der Waals surface area contributed by atoms with Crippen molar-refractivity contribution in [2.45, 2.75) is 38.0 Å². The van der Waals surface area contributed by atoms with E-state index in [1.165, 1.54) is 12.8 Å². The van der Waals surface area contributed by atoms with Crippen molar-refractivity contribution in [2.24, 2.45) is 0 Å². The van der Waals surface area contributed by atoms with Gasteiger partial charge < -0.3 is 19.7 Å². The van der Waals surface area contributed by atoms with Gasteiger partial charge in [0.25, 0.3) is 0 Å². The summed E-state index contributed by atoms with van der Waals surface area (Å²) in [6.07, 6.45) is 3.14. The fourth-order valence-electron chi connectivity index (χ4n) is 2.44. The second-order valence-corrected chi connectivity index (χ2v) is 5.00. The molecule has 2 saturated heterocycles. The number of likely N-dealkylation sites (N-methyl/N-ethyl adjacent to an activating group) is 1. The van der Waals surface area contributed by atoms with E-state index in [1.807, 2.05) is 0 Å². The van der Waals surface area contributed by atoms with Gasteiger partial charge in [0.15, 0.2) is 0 Å². The first-order valence-electron chi connectivity index (χ1n) is 6.41. The van der Waals surface area contributed by atoms with Crippen LogP contribution in [0.2, 0.25) is 0 Å². The molecule has 0 aliphatic carbocycles. The molecule has 2 rings (SSSR count). The Morgan fingerprint density at radius 2 is 2.25 bits per heavy atom. The summed E-state index contributed by atoms with van der Waals surface area (Å²) in [4.78, 5) is 2.33. The molecule has 3 unspecified atom stereocenters. The molecule has 2 aliphatic heterocycles. The average Bonchev–Trinajstić information content (AvgIpc) is 2.79. The molecule has 0 radical (unpaired) electrons. The number of hydrogen-bond acceptors (Lipinski definition) is 4. The smallest absolute Gasteiger partial charge is 0.0826 e. The molecule has 0 aromatic rings. The van der Waals surface area contributed by atoms with Crippen LogP contribution < -0.4 is 5.32 Å². The lowest BCUT2D eigenvalue weighted by atomic mass is 10.1. The van der Waals surface area contributed by atoms with Crippen molar-refractivity contribution in [3.8, 4) is 0 Å². The van der Waals surface area contributed by atoms with Crippen LogP contribution in [0.1, 0.15) is 19.8 Å². The lowest BCUT2D eigenvalue weighted by Crippen LogP contribution is -2.48. The number of morpholine rings is 1. The summed E-state index contributed by atoms with van der Waals surface area (Å²) in [6.45, 7) is 7.02. The zero-order chi connectivity index (χ0) is 11.4. The van der Waals surface area contributed by atoms with Gasteiger partial charge in [-0.25, -0.2) is 0 Å². The largest absolute Gasteiger partial charge is 0.377 e. The maximum atomic E-state index is 5.72. The second kappa shape index (κ2) is 5.96. The molecule has 0 saturated carbocycles. The first kappa shape index (κ1) is 12.3. The van der Waals surface area contributed by atoms with Crippen molar-refractivity contribution in [2.75, 3.05) is 39.9 Å². The molecule has 3 atom stereocenters. The second-order valence-electron chi connectivity index (χ2n) is 5.00. The van der Waals surface area contributed by atoms with E-state index in [4.69, 9.17) is 9.47 Å². The van der Waals surface area contributed by atoms with Crippen LogP contribution in [0.3, 0.4) is 0 Å². The summed E-state index contributed by atoms with van der Waals surface area (Å²) in [5.41, 5.74) is 0. The van der Waals surface area contributed by atoms with E-state index in [0.29, 0.717) is 18.2 Å². The van der Waals surface area contributed by atoms with Crippen LogP contribution in [-0.2, 0) is 9.47 Å². The van der Waals surface area contributed by atoms with Gasteiger partial charge in [0.1, 0.15) is 0 Å². The van der Waals surface area contributed by atoms with Crippen LogP contribution in [0.15, 0.2) is 0 Å². The van der Waals surface area contributed by atoms with Gasteiger partial charge in [0.2, 0.25) is 0 Å². The van der Waals surface area contributed by atoms with Gasteiger partial charge in [0.05, 0.1) is 18.8 Å². The Labute approximate surface area is 98.3 Å². The molecule has 2 fully saturated rings. The van der Waals surface area contributed by atoms with Crippen molar-refractivity contribution < 1.29 is 9.47 Å².